The highest BCUT2D eigenvalue weighted by Gasteiger charge is 2.00. The molecule has 2 aromatic heterocycles. The third-order valence-corrected chi connectivity index (χ3v) is 2.26. The quantitative estimate of drug-likeness (QED) is 0.475. The maximum Gasteiger partial charge on any atom is 0.197 e. The first kappa shape index (κ1) is 6.85. The Balaban J connectivity index is 2.62. The second-order valence-electron chi connectivity index (χ2n) is 2.91. The highest BCUT2D eigenvalue weighted by Crippen LogP contribution is 2.17. The lowest BCUT2D eigenvalue weighted by Crippen LogP contribution is -1.70. The molecular weight excluding hydrogens is 184 g/mol. The van der Waals surface area contributed by atoms with E-state index >= 15 is 0 Å². The van der Waals surface area contributed by atoms with Crippen LogP contribution in [0.1, 0.15) is 0 Å². The molecule has 0 unspecified atom stereocenters. The smallest absolute Gasteiger partial charge is 0.197 e. The van der Waals surface area contributed by atoms with Gasteiger partial charge in [-0.1, -0.05) is 0 Å². The molecule has 0 saturated heterocycles. The van der Waals surface area contributed by atoms with Crippen LogP contribution in [0, 0.1) is 4.77 Å². The van der Waals surface area contributed by atoms with E-state index in [-0.39, 0.29) is 0 Å². The Kier molecular flexibility index (Phi) is 1.16. The van der Waals surface area contributed by atoms with E-state index in [1.54, 1.807) is 0 Å². The third-order valence-electron chi connectivity index (χ3n) is 2.07. The van der Waals surface area contributed by atoms with Crippen LogP contribution >= 0.6 is 12.2 Å². The molecule has 0 amide bonds. The molecule has 0 aliphatic heterocycles. The predicted octanol–water partition coefficient (Wildman–Crippen LogP) is 2.10. The molecule has 64 valence electrons. The first-order valence-corrected chi connectivity index (χ1v) is 4.29. The fourth-order valence-corrected chi connectivity index (χ4v) is 1.68. The predicted molar refractivity (Wildman–Crippen MR) is 53.1 cm³/mol. The van der Waals surface area contributed by atoms with E-state index in [1.807, 2.05) is 18.3 Å². The molecule has 0 aliphatic rings. The number of aromatic amines is 3. The summed E-state index contributed by atoms with van der Waals surface area (Å²) in [5, 5.41) is 7.05. The SMILES string of the molecule is S=c1nc2cc3[nH][nH]cc3cc2[nH]1. The van der Waals surface area contributed by atoms with Gasteiger partial charge in [0.2, 0.25) is 0 Å². The molecule has 3 aromatic rings. The van der Waals surface area contributed by atoms with Crippen molar-refractivity contribution in [2.75, 3.05) is 0 Å². The van der Waals surface area contributed by atoms with Gasteiger partial charge in [0.05, 0.1) is 16.6 Å². The van der Waals surface area contributed by atoms with E-state index in [0.717, 1.165) is 21.9 Å². The summed E-state index contributed by atoms with van der Waals surface area (Å²) in [6.45, 7) is 0. The Morgan fingerprint density at radius 1 is 1.23 bits per heavy atom. The molecule has 13 heavy (non-hydrogen) atoms. The number of H-pyrrole nitrogens is 3. The second kappa shape index (κ2) is 2.20. The highest BCUT2D eigenvalue weighted by molar-refractivity contribution is 7.71. The Bertz CT molecular complexity index is 579. The fraction of sp³-hybridized carbons (Fsp3) is 0. The summed E-state index contributed by atoms with van der Waals surface area (Å²) < 4.78 is 0.534. The van der Waals surface area contributed by atoms with Gasteiger partial charge in [0.1, 0.15) is 0 Å². The molecule has 0 radical (unpaired) electrons. The molecule has 5 heteroatoms. The lowest BCUT2D eigenvalue weighted by molar-refractivity contribution is 1.12. The highest BCUT2D eigenvalue weighted by atomic mass is 32.1. The van der Waals surface area contributed by atoms with Gasteiger partial charge in [-0.2, -0.15) is 0 Å². The number of benzene rings is 1. The van der Waals surface area contributed by atoms with Gasteiger partial charge in [0.15, 0.2) is 4.77 Å². The minimum absolute atomic E-state index is 0.534. The van der Waals surface area contributed by atoms with Crippen molar-refractivity contribution >= 4 is 34.2 Å². The van der Waals surface area contributed by atoms with E-state index in [9.17, 15) is 0 Å². The normalized spacial score (nSPS) is 11.4. The van der Waals surface area contributed by atoms with E-state index in [0.29, 0.717) is 4.77 Å². The van der Waals surface area contributed by atoms with Gasteiger partial charge >= 0.3 is 0 Å². The van der Waals surface area contributed by atoms with Gasteiger partial charge in [0.25, 0.3) is 0 Å². The molecule has 1 aromatic carbocycles. The van der Waals surface area contributed by atoms with Crippen LogP contribution in [-0.4, -0.2) is 20.2 Å². The van der Waals surface area contributed by atoms with Crippen LogP contribution in [0.4, 0.5) is 0 Å². The molecule has 0 fully saturated rings. The van der Waals surface area contributed by atoms with Gasteiger partial charge in [0, 0.05) is 11.6 Å². The zero-order valence-electron chi connectivity index (χ0n) is 6.59. The topological polar surface area (TPSA) is 60.3 Å². The van der Waals surface area contributed by atoms with Crippen molar-refractivity contribution in [3.63, 3.8) is 0 Å². The van der Waals surface area contributed by atoms with Crippen molar-refractivity contribution in [3.05, 3.63) is 23.1 Å². The monoisotopic (exact) mass is 190 g/mol. The maximum atomic E-state index is 4.94. The van der Waals surface area contributed by atoms with Crippen LogP contribution in [0.5, 0.6) is 0 Å². The van der Waals surface area contributed by atoms with E-state index in [4.69, 9.17) is 12.2 Å². The number of fused-ring (bicyclic) bond motifs is 2. The molecule has 3 rings (SSSR count). The number of hydrogen-bond acceptors (Lipinski definition) is 2. The number of rotatable bonds is 0. The lowest BCUT2D eigenvalue weighted by atomic mass is 10.2. The molecule has 2 heterocycles. The Morgan fingerprint density at radius 3 is 3.08 bits per heavy atom. The molecule has 3 N–H and O–H groups in total. The Hall–Kier alpha value is -1.62. The van der Waals surface area contributed by atoms with Gasteiger partial charge in [-0.25, -0.2) is 4.98 Å². The number of nitrogens with one attached hydrogen (secondary N) is 3. The number of imidazole rings is 1. The van der Waals surface area contributed by atoms with Crippen LogP contribution in [0.2, 0.25) is 0 Å². The summed E-state index contributed by atoms with van der Waals surface area (Å²) >= 11 is 4.94. The zero-order chi connectivity index (χ0) is 8.84. The van der Waals surface area contributed by atoms with Crippen molar-refractivity contribution in [1.82, 2.24) is 20.2 Å². The van der Waals surface area contributed by atoms with Crippen LogP contribution in [0.3, 0.4) is 0 Å². The van der Waals surface area contributed by atoms with Gasteiger partial charge < -0.3 is 15.2 Å². The van der Waals surface area contributed by atoms with Gasteiger partial charge in [-0.15, -0.1) is 0 Å². The molecule has 0 atom stereocenters. The summed E-state index contributed by atoms with van der Waals surface area (Å²) in [6, 6.07) is 3.98. The summed E-state index contributed by atoms with van der Waals surface area (Å²) in [4.78, 5) is 7.18. The van der Waals surface area contributed by atoms with E-state index in [1.165, 1.54) is 0 Å². The fourth-order valence-electron chi connectivity index (χ4n) is 1.47. The molecule has 0 aliphatic carbocycles. The average molecular weight is 190 g/mol. The Morgan fingerprint density at radius 2 is 2.15 bits per heavy atom. The Labute approximate surface area is 78.0 Å². The van der Waals surface area contributed by atoms with Gasteiger partial charge in [-0.05, 0) is 24.4 Å². The molecule has 4 nitrogen and oxygen atoms in total. The molecular formula is C8H6N4S. The van der Waals surface area contributed by atoms with Crippen molar-refractivity contribution in [1.29, 1.82) is 0 Å². The number of aromatic nitrogens is 4. The summed E-state index contributed by atoms with van der Waals surface area (Å²) in [7, 11) is 0. The summed E-state index contributed by atoms with van der Waals surface area (Å²) in [5.74, 6) is 0. The summed E-state index contributed by atoms with van der Waals surface area (Å²) in [5.41, 5.74) is 2.91. The maximum absolute atomic E-state index is 4.94. The first-order chi connectivity index (χ1) is 6.33. The number of hydrogen-bond donors (Lipinski definition) is 3. The molecule has 0 saturated carbocycles. The van der Waals surface area contributed by atoms with Crippen molar-refractivity contribution in [2.45, 2.75) is 0 Å². The first-order valence-electron chi connectivity index (χ1n) is 3.88. The number of nitrogens with zero attached hydrogens (tertiary/aromatic N) is 1. The average Bonchev–Trinajstić information content (AvgIpc) is 2.63. The third kappa shape index (κ3) is 0.905. The van der Waals surface area contributed by atoms with E-state index < -0.39 is 0 Å². The zero-order valence-corrected chi connectivity index (χ0v) is 7.40. The van der Waals surface area contributed by atoms with Crippen molar-refractivity contribution < 1.29 is 0 Å². The van der Waals surface area contributed by atoms with Crippen LogP contribution in [0.15, 0.2) is 18.3 Å². The van der Waals surface area contributed by atoms with Crippen molar-refractivity contribution in [3.8, 4) is 0 Å². The van der Waals surface area contributed by atoms with Crippen LogP contribution in [0.25, 0.3) is 21.9 Å². The van der Waals surface area contributed by atoms with Crippen LogP contribution in [-0.2, 0) is 0 Å². The van der Waals surface area contributed by atoms with Gasteiger partial charge in [-0.3, -0.25) is 0 Å². The minimum atomic E-state index is 0.534. The largest absolute Gasteiger partial charge is 0.329 e. The second-order valence-corrected chi connectivity index (χ2v) is 3.30. The van der Waals surface area contributed by atoms with Crippen molar-refractivity contribution in [2.24, 2.45) is 0 Å². The summed E-state index contributed by atoms with van der Waals surface area (Å²) in [6.07, 6.45) is 1.90. The van der Waals surface area contributed by atoms with Crippen LogP contribution < -0.4 is 0 Å². The minimum Gasteiger partial charge on any atom is -0.329 e. The van der Waals surface area contributed by atoms with E-state index in [2.05, 4.69) is 20.2 Å². The lowest BCUT2D eigenvalue weighted by Gasteiger charge is -1.88. The standard InChI is InChI=1S/C8H6N4S/c13-8-10-6-1-4-3-9-12-5(4)2-7(6)11-8/h1-3,9,12H,(H,10,13). The molecule has 0 bridgehead atoms. The molecule has 0 spiro atoms.